The van der Waals surface area contributed by atoms with Crippen LogP contribution >= 0.6 is 24.8 Å². The highest BCUT2D eigenvalue weighted by molar-refractivity contribution is 5.85. The van der Waals surface area contributed by atoms with E-state index in [2.05, 4.69) is 22.3 Å². The Balaban J connectivity index is 0.00000242. The van der Waals surface area contributed by atoms with Crippen LogP contribution < -0.4 is 11.1 Å². The van der Waals surface area contributed by atoms with Gasteiger partial charge in [0.05, 0.1) is 6.04 Å². The summed E-state index contributed by atoms with van der Waals surface area (Å²) >= 11 is 0. The molecule has 2 rings (SSSR count). The number of carbonyl (C=O) groups is 1. The lowest BCUT2D eigenvalue weighted by atomic mass is 9.94. The minimum atomic E-state index is 0. The van der Waals surface area contributed by atoms with E-state index in [4.69, 9.17) is 5.73 Å². The van der Waals surface area contributed by atoms with Crippen LogP contribution in [-0.4, -0.2) is 38.0 Å². The molecular weight excluding hydrogens is 333 g/mol. The smallest absolute Gasteiger partial charge is 0.223 e. The first-order valence-corrected chi connectivity index (χ1v) is 7.82. The molecule has 0 saturated heterocycles. The Morgan fingerprint density at radius 3 is 2.48 bits per heavy atom. The number of rotatable bonds is 6. The minimum absolute atomic E-state index is 0. The summed E-state index contributed by atoms with van der Waals surface area (Å²) in [5.74, 6) is 0.600. The molecule has 0 spiro atoms. The van der Waals surface area contributed by atoms with Gasteiger partial charge in [0, 0.05) is 12.5 Å². The lowest BCUT2D eigenvalue weighted by Crippen LogP contribution is -2.40. The van der Waals surface area contributed by atoms with Crippen LogP contribution in [0.1, 0.15) is 30.9 Å². The van der Waals surface area contributed by atoms with E-state index in [0.29, 0.717) is 12.5 Å². The quantitative estimate of drug-likeness (QED) is 0.818. The average Bonchev–Trinajstić information content (AvgIpc) is 2.95. The largest absolute Gasteiger partial charge is 0.348 e. The summed E-state index contributed by atoms with van der Waals surface area (Å²) in [4.78, 5) is 14.7. The van der Waals surface area contributed by atoms with Crippen LogP contribution in [0.4, 0.5) is 0 Å². The molecule has 3 atom stereocenters. The fraction of sp³-hybridized carbons (Fsp3) is 0.588. The number of nitrogens with two attached hydrogens (primary N) is 1. The second-order valence-electron chi connectivity index (χ2n) is 6.27. The predicted octanol–water partition coefficient (Wildman–Crippen LogP) is 2.62. The van der Waals surface area contributed by atoms with Gasteiger partial charge in [-0.15, -0.1) is 24.8 Å². The monoisotopic (exact) mass is 361 g/mol. The van der Waals surface area contributed by atoms with Crippen molar-refractivity contribution in [3.8, 4) is 0 Å². The summed E-state index contributed by atoms with van der Waals surface area (Å²) in [5.41, 5.74) is 6.95. The summed E-state index contributed by atoms with van der Waals surface area (Å²) < 4.78 is 0. The third kappa shape index (κ3) is 6.30. The molecular formula is C17H29Cl2N3O. The van der Waals surface area contributed by atoms with E-state index < -0.39 is 0 Å². The van der Waals surface area contributed by atoms with Gasteiger partial charge in [-0.2, -0.15) is 0 Å². The maximum Gasteiger partial charge on any atom is 0.223 e. The summed E-state index contributed by atoms with van der Waals surface area (Å²) in [6, 6.07) is 10.2. The molecule has 132 valence electrons. The van der Waals surface area contributed by atoms with E-state index in [1.54, 1.807) is 0 Å². The molecule has 1 aromatic carbocycles. The standard InChI is InChI=1S/C17H27N3O.2ClH/c1-20(2)12-16(13-7-4-3-5-8-13)19-17(21)15-10-6-9-14(15)11-18;;/h3-5,7-8,14-16H,6,9-12,18H2,1-2H3,(H,19,21);2*1H/t14-,15-,16?;;/m1../s1. The van der Waals surface area contributed by atoms with Crippen molar-refractivity contribution in [2.45, 2.75) is 25.3 Å². The van der Waals surface area contributed by atoms with Gasteiger partial charge in [-0.1, -0.05) is 36.8 Å². The van der Waals surface area contributed by atoms with Gasteiger partial charge >= 0.3 is 0 Å². The molecule has 6 heteroatoms. The third-order valence-electron chi connectivity index (χ3n) is 4.36. The number of likely N-dealkylation sites (N-methyl/N-ethyl adjacent to an activating group) is 1. The number of halogens is 2. The van der Waals surface area contributed by atoms with Gasteiger partial charge < -0.3 is 16.0 Å². The van der Waals surface area contributed by atoms with Gasteiger partial charge in [-0.05, 0) is 45.0 Å². The molecule has 0 aliphatic heterocycles. The average molecular weight is 362 g/mol. The number of benzene rings is 1. The van der Waals surface area contributed by atoms with Crippen molar-refractivity contribution in [2.75, 3.05) is 27.2 Å². The van der Waals surface area contributed by atoms with Crippen molar-refractivity contribution in [1.82, 2.24) is 10.2 Å². The molecule has 1 aliphatic carbocycles. The van der Waals surface area contributed by atoms with Gasteiger partial charge in [-0.25, -0.2) is 0 Å². The van der Waals surface area contributed by atoms with Gasteiger partial charge in [0.2, 0.25) is 5.91 Å². The molecule has 1 aliphatic rings. The number of nitrogens with one attached hydrogen (secondary N) is 1. The van der Waals surface area contributed by atoms with Gasteiger partial charge in [0.1, 0.15) is 0 Å². The topological polar surface area (TPSA) is 58.4 Å². The number of hydrogen-bond acceptors (Lipinski definition) is 3. The Kier molecular flexibility index (Phi) is 10.5. The van der Waals surface area contributed by atoms with E-state index in [1.807, 2.05) is 32.3 Å². The number of carbonyl (C=O) groups excluding carboxylic acids is 1. The van der Waals surface area contributed by atoms with E-state index in [9.17, 15) is 4.79 Å². The number of hydrogen-bond donors (Lipinski definition) is 2. The van der Waals surface area contributed by atoms with E-state index >= 15 is 0 Å². The third-order valence-corrected chi connectivity index (χ3v) is 4.36. The molecule has 4 nitrogen and oxygen atoms in total. The Hall–Kier alpha value is -0.810. The number of nitrogens with zero attached hydrogens (tertiary/aromatic N) is 1. The second kappa shape index (κ2) is 10.9. The Morgan fingerprint density at radius 2 is 1.91 bits per heavy atom. The van der Waals surface area contributed by atoms with Crippen molar-refractivity contribution in [3.63, 3.8) is 0 Å². The first-order valence-electron chi connectivity index (χ1n) is 7.82. The number of amides is 1. The van der Waals surface area contributed by atoms with Crippen LogP contribution in [0.5, 0.6) is 0 Å². The molecule has 1 fully saturated rings. The molecule has 0 aromatic heterocycles. The van der Waals surface area contributed by atoms with Crippen molar-refractivity contribution in [2.24, 2.45) is 17.6 Å². The van der Waals surface area contributed by atoms with E-state index in [-0.39, 0.29) is 42.7 Å². The SMILES string of the molecule is CN(C)CC(NC(=O)[C@@H]1CCC[C@@H]1CN)c1ccccc1.Cl.Cl. The zero-order valence-electron chi connectivity index (χ0n) is 13.9. The van der Waals surface area contributed by atoms with Crippen LogP contribution in [-0.2, 0) is 4.79 Å². The highest BCUT2D eigenvalue weighted by Gasteiger charge is 2.33. The van der Waals surface area contributed by atoms with Gasteiger partial charge in [0.15, 0.2) is 0 Å². The van der Waals surface area contributed by atoms with Crippen LogP contribution in [0, 0.1) is 11.8 Å². The lowest BCUT2D eigenvalue weighted by Gasteiger charge is -2.26. The Bertz CT molecular complexity index is 456. The predicted molar refractivity (Wildman–Crippen MR) is 100 cm³/mol. The fourth-order valence-corrected chi connectivity index (χ4v) is 3.23. The van der Waals surface area contributed by atoms with Crippen LogP contribution in [0.2, 0.25) is 0 Å². The fourth-order valence-electron chi connectivity index (χ4n) is 3.23. The Morgan fingerprint density at radius 1 is 1.26 bits per heavy atom. The summed E-state index contributed by atoms with van der Waals surface area (Å²) in [6.07, 6.45) is 3.17. The first-order chi connectivity index (χ1) is 10.1. The first kappa shape index (κ1) is 22.2. The normalized spacial score (nSPS) is 21.2. The summed E-state index contributed by atoms with van der Waals surface area (Å²) in [5, 5.41) is 3.23. The van der Waals surface area contributed by atoms with Gasteiger partial charge in [-0.3, -0.25) is 4.79 Å². The molecule has 23 heavy (non-hydrogen) atoms. The lowest BCUT2D eigenvalue weighted by molar-refractivity contribution is -0.126. The van der Waals surface area contributed by atoms with Crippen LogP contribution in [0.15, 0.2) is 30.3 Å². The van der Waals surface area contributed by atoms with Crippen LogP contribution in [0.3, 0.4) is 0 Å². The summed E-state index contributed by atoms with van der Waals surface area (Å²) in [7, 11) is 4.06. The zero-order valence-corrected chi connectivity index (χ0v) is 15.5. The molecule has 1 amide bonds. The molecule has 1 aromatic rings. The van der Waals surface area contributed by atoms with Gasteiger partial charge in [0.25, 0.3) is 0 Å². The highest BCUT2D eigenvalue weighted by Crippen LogP contribution is 2.31. The molecule has 3 N–H and O–H groups in total. The van der Waals surface area contributed by atoms with Crippen molar-refractivity contribution >= 4 is 30.7 Å². The molecule has 0 heterocycles. The van der Waals surface area contributed by atoms with Crippen LogP contribution in [0.25, 0.3) is 0 Å². The maximum absolute atomic E-state index is 12.6. The minimum Gasteiger partial charge on any atom is -0.348 e. The highest BCUT2D eigenvalue weighted by atomic mass is 35.5. The summed E-state index contributed by atoms with van der Waals surface area (Å²) in [6.45, 7) is 1.41. The molecule has 0 radical (unpaired) electrons. The van der Waals surface area contributed by atoms with Crippen molar-refractivity contribution in [3.05, 3.63) is 35.9 Å². The maximum atomic E-state index is 12.6. The molecule has 1 saturated carbocycles. The van der Waals surface area contributed by atoms with Crippen molar-refractivity contribution < 1.29 is 4.79 Å². The molecule has 1 unspecified atom stereocenters. The van der Waals surface area contributed by atoms with Crippen molar-refractivity contribution in [1.29, 1.82) is 0 Å². The zero-order chi connectivity index (χ0) is 15.2. The van der Waals surface area contributed by atoms with E-state index in [0.717, 1.165) is 31.4 Å². The second-order valence-corrected chi connectivity index (χ2v) is 6.27. The molecule has 0 bridgehead atoms. The van der Waals surface area contributed by atoms with E-state index in [1.165, 1.54) is 0 Å². The Labute approximate surface area is 152 Å².